The van der Waals surface area contributed by atoms with Gasteiger partial charge in [0.25, 0.3) is 0 Å². The second kappa shape index (κ2) is 14.3. The lowest BCUT2D eigenvalue weighted by atomic mass is 9.74. The molecular weight excluding hydrogens is 763 g/mol. The second-order valence-corrected chi connectivity index (χ2v) is 20.7. The van der Waals surface area contributed by atoms with Crippen molar-refractivity contribution in [1.82, 2.24) is 0 Å². The van der Waals surface area contributed by atoms with Gasteiger partial charge in [0, 0.05) is 22.5 Å². The van der Waals surface area contributed by atoms with Crippen LogP contribution < -0.4 is 25.6 Å². The zero-order valence-electron chi connectivity index (χ0n) is 34.5. The summed E-state index contributed by atoms with van der Waals surface area (Å²) in [5.74, 6) is 0. The smallest absolute Gasteiger partial charge is 0.180 e. The SMILES string of the molecule is CC1(c2ccccc2)c2ccccc2-c2ccc(N(c3ccc(-c4cccc([Si]5(c6ccccc6)c6ccccc6-c6ccccc65)c4)cc3)c3ccc4ccccc4c3)cc21. The van der Waals surface area contributed by atoms with E-state index in [1.165, 1.54) is 81.6 Å². The van der Waals surface area contributed by atoms with E-state index in [4.69, 9.17) is 0 Å². The van der Waals surface area contributed by atoms with Crippen LogP contribution in [0.3, 0.4) is 0 Å². The molecule has 0 radical (unpaired) electrons. The maximum Gasteiger partial charge on any atom is 0.180 e. The van der Waals surface area contributed by atoms with Crippen molar-refractivity contribution in [1.29, 1.82) is 0 Å². The Kier molecular flexibility index (Phi) is 8.38. The third kappa shape index (κ3) is 5.40. The van der Waals surface area contributed by atoms with Gasteiger partial charge in [0.1, 0.15) is 0 Å². The van der Waals surface area contributed by atoms with E-state index in [9.17, 15) is 0 Å². The highest BCUT2D eigenvalue weighted by Crippen LogP contribution is 2.54. The van der Waals surface area contributed by atoms with E-state index >= 15 is 0 Å². The van der Waals surface area contributed by atoms with Crippen LogP contribution in [0.5, 0.6) is 0 Å². The monoisotopic (exact) mass is 805 g/mol. The predicted octanol–water partition coefficient (Wildman–Crippen LogP) is 12.7. The van der Waals surface area contributed by atoms with Gasteiger partial charge in [0.05, 0.1) is 0 Å². The molecule has 0 N–H and O–H groups in total. The molecule has 1 aliphatic heterocycles. The third-order valence-electron chi connectivity index (χ3n) is 13.8. The Balaban J connectivity index is 0.997. The molecule has 0 aromatic heterocycles. The van der Waals surface area contributed by atoms with Gasteiger partial charge < -0.3 is 4.90 Å². The Labute approximate surface area is 364 Å². The average Bonchev–Trinajstić information content (AvgIpc) is 3.79. The number of anilines is 3. The molecule has 1 unspecified atom stereocenters. The maximum absolute atomic E-state index is 2.61. The quantitative estimate of drug-likeness (QED) is 0.145. The van der Waals surface area contributed by atoms with Crippen LogP contribution in [-0.2, 0) is 5.41 Å². The Hall–Kier alpha value is -7.52. The summed E-state index contributed by atoms with van der Waals surface area (Å²) in [5.41, 5.74) is 14.8. The molecule has 10 aromatic carbocycles. The van der Waals surface area contributed by atoms with E-state index in [-0.39, 0.29) is 5.41 Å². The molecule has 0 saturated carbocycles. The van der Waals surface area contributed by atoms with Crippen LogP contribution in [0.25, 0.3) is 44.2 Å². The topological polar surface area (TPSA) is 3.24 Å². The Morgan fingerprint density at radius 1 is 0.339 bits per heavy atom. The van der Waals surface area contributed by atoms with E-state index in [1.807, 2.05) is 0 Å². The highest BCUT2D eigenvalue weighted by molar-refractivity contribution is 7.22. The van der Waals surface area contributed by atoms with E-state index in [0.29, 0.717) is 0 Å². The van der Waals surface area contributed by atoms with Crippen molar-refractivity contribution < 1.29 is 0 Å². The molecule has 1 atom stereocenters. The third-order valence-corrected chi connectivity index (χ3v) is 18.7. The van der Waals surface area contributed by atoms with Gasteiger partial charge in [-0.15, -0.1) is 0 Å². The molecule has 0 saturated heterocycles. The molecule has 0 bridgehead atoms. The van der Waals surface area contributed by atoms with Crippen molar-refractivity contribution >= 4 is 56.7 Å². The molecule has 1 nitrogen and oxygen atoms in total. The summed E-state index contributed by atoms with van der Waals surface area (Å²) in [6.07, 6.45) is 0. The van der Waals surface area contributed by atoms with Crippen molar-refractivity contribution in [2.45, 2.75) is 12.3 Å². The molecule has 0 fully saturated rings. The van der Waals surface area contributed by atoms with Crippen LogP contribution in [0.2, 0.25) is 0 Å². The fourth-order valence-electron chi connectivity index (χ4n) is 10.9. The minimum absolute atomic E-state index is 0.298. The summed E-state index contributed by atoms with van der Waals surface area (Å²) in [6.45, 7) is 2.40. The van der Waals surface area contributed by atoms with E-state index in [2.05, 4.69) is 254 Å². The lowest BCUT2D eigenvalue weighted by molar-refractivity contribution is 0.714. The summed E-state index contributed by atoms with van der Waals surface area (Å²) >= 11 is 0. The molecule has 12 rings (SSSR count). The predicted molar refractivity (Wildman–Crippen MR) is 264 cm³/mol. The first-order chi connectivity index (χ1) is 30.6. The molecule has 62 heavy (non-hydrogen) atoms. The van der Waals surface area contributed by atoms with Crippen molar-refractivity contribution in [3.63, 3.8) is 0 Å². The molecule has 2 heteroatoms. The molecule has 2 aliphatic rings. The molecule has 1 heterocycles. The van der Waals surface area contributed by atoms with Crippen LogP contribution >= 0.6 is 0 Å². The summed E-state index contributed by atoms with van der Waals surface area (Å²) < 4.78 is 0. The molecule has 0 amide bonds. The minimum atomic E-state index is -2.61. The first kappa shape index (κ1) is 36.3. The number of fused-ring (bicyclic) bond motifs is 7. The van der Waals surface area contributed by atoms with E-state index < -0.39 is 8.07 Å². The standard InChI is InChI=1S/C60H43NSi/c1-60(46-20-4-2-5-21-46)56-28-13-10-25-52(56)53-38-37-49(41-57(53)60)61(48-36-33-42-17-8-9-18-44(42)39-48)47-34-31-43(32-35-47)45-19-16-24-51(40-45)62(50-22-6-3-7-23-50)58-29-14-11-26-54(58)55-27-12-15-30-59(55)62/h2-41H,1H3. The van der Waals surface area contributed by atoms with Crippen molar-refractivity contribution in [2.24, 2.45) is 0 Å². The number of rotatable bonds is 7. The Bertz CT molecular complexity index is 3270. The first-order valence-corrected chi connectivity index (χ1v) is 23.7. The normalized spacial score (nSPS) is 15.4. The molecule has 10 aromatic rings. The second-order valence-electron chi connectivity index (χ2n) is 17.0. The number of hydrogen-bond donors (Lipinski definition) is 0. The van der Waals surface area contributed by atoms with Gasteiger partial charge in [-0.3, -0.25) is 0 Å². The summed E-state index contributed by atoms with van der Waals surface area (Å²) in [4.78, 5) is 2.44. The fourth-order valence-corrected chi connectivity index (χ4v) is 16.1. The molecular formula is C60H43NSi. The Morgan fingerprint density at radius 3 is 1.63 bits per heavy atom. The maximum atomic E-state index is 2.48. The van der Waals surface area contributed by atoms with Crippen molar-refractivity contribution in [3.05, 3.63) is 259 Å². The lowest BCUT2D eigenvalue weighted by Crippen LogP contribution is -2.72. The Morgan fingerprint density at radius 2 is 0.887 bits per heavy atom. The molecule has 0 spiro atoms. The minimum Gasteiger partial charge on any atom is -0.310 e. The zero-order chi connectivity index (χ0) is 41.3. The first-order valence-electron chi connectivity index (χ1n) is 21.7. The summed E-state index contributed by atoms with van der Waals surface area (Å²) in [7, 11) is -2.61. The van der Waals surface area contributed by atoms with Crippen molar-refractivity contribution in [2.75, 3.05) is 4.90 Å². The van der Waals surface area contributed by atoms with Gasteiger partial charge in [-0.1, -0.05) is 206 Å². The highest BCUT2D eigenvalue weighted by Gasteiger charge is 2.48. The van der Waals surface area contributed by atoms with Crippen LogP contribution in [0.4, 0.5) is 17.1 Å². The zero-order valence-corrected chi connectivity index (χ0v) is 35.5. The van der Waals surface area contributed by atoms with Gasteiger partial charge in [-0.25, -0.2) is 0 Å². The van der Waals surface area contributed by atoms with E-state index in [1.54, 1.807) is 0 Å². The van der Waals surface area contributed by atoms with Gasteiger partial charge in [0.15, 0.2) is 8.07 Å². The molecule has 292 valence electrons. The molecule has 1 aliphatic carbocycles. The van der Waals surface area contributed by atoms with Gasteiger partial charge >= 0.3 is 0 Å². The van der Waals surface area contributed by atoms with Gasteiger partial charge in [0.2, 0.25) is 0 Å². The number of hydrogen-bond acceptors (Lipinski definition) is 1. The van der Waals surface area contributed by atoms with Crippen LogP contribution in [0, 0.1) is 0 Å². The summed E-state index contributed by atoms with van der Waals surface area (Å²) in [6, 6.07) is 90.7. The van der Waals surface area contributed by atoms with Gasteiger partial charge in [-0.05, 0) is 125 Å². The van der Waals surface area contributed by atoms with Gasteiger partial charge in [-0.2, -0.15) is 0 Å². The lowest BCUT2D eigenvalue weighted by Gasteiger charge is -2.31. The highest BCUT2D eigenvalue weighted by atomic mass is 28.3. The van der Waals surface area contributed by atoms with Crippen LogP contribution in [0.15, 0.2) is 243 Å². The number of nitrogens with zero attached hydrogens (tertiary/aromatic N) is 1. The van der Waals surface area contributed by atoms with Crippen molar-refractivity contribution in [3.8, 4) is 33.4 Å². The summed E-state index contributed by atoms with van der Waals surface area (Å²) in [5, 5.41) is 8.20. The fraction of sp³-hybridized carbons (Fsp3) is 0.0333. The van der Waals surface area contributed by atoms with Crippen LogP contribution in [0.1, 0.15) is 23.6 Å². The van der Waals surface area contributed by atoms with Crippen LogP contribution in [-0.4, -0.2) is 8.07 Å². The number of benzene rings is 10. The average molecular weight is 806 g/mol. The van der Waals surface area contributed by atoms with E-state index in [0.717, 1.165) is 17.1 Å². The largest absolute Gasteiger partial charge is 0.310 e.